The zero-order chi connectivity index (χ0) is 12.0. The SMILES string of the molecule is O=CC(CCSc1ccccc1)C(F)(F)F. The van der Waals surface area contributed by atoms with Crippen molar-refractivity contribution in [2.24, 2.45) is 5.92 Å². The van der Waals surface area contributed by atoms with Crippen molar-refractivity contribution in [2.75, 3.05) is 5.75 Å². The lowest BCUT2D eigenvalue weighted by atomic mass is 10.1. The van der Waals surface area contributed by atoms with Gasteiger partial charge in [-0.2, -0.15) is 13.2 Å². The molecule has 0 radical (unpaired) electrons. The normalized spacial score (nSPS) is 13.4. The highest BCUT2D eigenvalue weighted by Crippen LogP contribution is 2.29. The van der Waals surface area contributed by atoms with E-state index in [4.69, 9.17) is 0 Å². The monoisotopic (exact) mass is 248 g/mol. The quantitative estimate of drug-likeness (QED) is 0.585. The molecule has 1 unspecified atom stereocenters. The Labute approximate surface area is 96.0 Å². The second kappa shape index (κ2) is 5.94. The summed E-state index contributed by atoms with van der Waals surface area (Å²) < 4.78 is 36.6. The van der Waals surface area contributed by atoms with E-state index < -0.39 is 12.1 Å². The molecule has 0 bridgehead atoms. The fourth-order valence-corrected chi connectivity index (χ4v) is 2.09. The molecule has 1 atom stereocenters. The van der Waals surface area contributed by atoms with Crippen molar-refractivity contribution in [3.05, 3.63) is 30.3 Å². The van der Waals surface area contributed by atoms with Crippen LogP contribution in [-0.4, -0.2) is 18.2 Å². The first-order chi connectivity index (χ1) is 7.54. The minimum absolute atomic E-state index is 0.0223. The number of carbonyl (C=O) groups is 1. The molecule has 0 aliphatic carbocycles. The zero-order valence-corrected chi connectivity index (χ0v) is 9.22. The second-order valence-corrected chi connectivity index (χ2v) is 4.40. The van der Waals surface area contributed by atoms with Crippen LogP contribution in [0.15, 0.2) is 35.2 Å². The first kappa shape index (κ1) is 13.1. The number of rotatable bonds is 5. The largest absolute Gasteiger partial charge is 0.398 e. The molecule has 5 heteroatoms. The summed E-state index contributed by atoms with van der Waals surface area (Å²) in [5.74, 6) is -1.56. The predicted molar refractivity (Wildman–Crippen MR) is 57.4 cm³/mol. The predicted octanol–water partition coefficient (Wildman–Crippen LogP) is 3.55. The smallest absolute Gasteiger partial charge is 0.303 e. The van der Waals surface area contributed by atoms with Crippen LogP contribution >= 0.6 is 11.8 Å². The summed E-state index contributed by atoms with van der Waals surface area (Å²) in [6.07, 6.45) is -4.61. The summed E-state index contributed by atoms with van der Waals surface area (Å²) in [5.41, 5.74) is 0. The summed E-state index contributed by atoms with van der Waals surface area (Å²) in [6, 6.07) is 9.14. The Balaban J connectivity index is 2.38. The summed E-state index contributed by atoms with van der Waals surface area (Å²) in [7, 11) is 0. The van der Waals surface area contributed by atoms with Crippen LogP contribution in [0.2, 0.25) is 0 Å². The summed E-state index contributed by atoms with van der Waals surface area (Å²) in [6.45, 7) is 0. The van der Waals surface area contributed by atoms with Crippen molar-refractivity contribution in [3.8, 4) is 0 Å². The van der Waals surface area contributed by atoms with Gasteiger partial charge in [0.2, 0.25) is 0 Å². The first-order valence-electron chi connectivity index (χ1n) is 4.74. The lowest BCUT2D eigenvalue weighted by Gasteiger charge is -2.13. The number of hydrogen-bond donors (Lipinski definition) is 0. The van der Waals surface area contributed by atoms with E-state index in [1.807, 2.05) is 30.3 Å². The second-order valence-electron chi connectivity index (χ2n) is 3.23. The van der Waals surface area contributed by atoms with Crippen LogP contribution in [0, 0.1) is 5.92 Å². The van der Waals surface area contributed by atoms with Gasteiger partial charge in [0.1, 0.15) is 12.2 Å². The van der Waals surface area contributed by atoms with E-state index in [-0.39, 0.29) is 18.5 Å². The van der Waals surface area contributed by atoms with Gasteiger partial charge < -0.3 is 4.79 Å². The molecule has 0 aromatic heterocycles. The molecule has 0 saturated carbocycles. The molecule has 88 valence electrons. The fraction of sp³-hybridized carbons (Fsp3) is 0.364. The van der Waals surface area contributed by atoms with Gasteiger partial charge in [0.25, 0.3) is 0 Å². The highest BCUT2D eigenvalue weighted by molar-refractivity contribution is 7.99. The van der Waals surface area contributed by atoms with Crippen LogP contribution in [0.4, 0.5) is 13.2 Å². The average Bonchev–Trinajstić information content (AvgIpc) is 2.24. The van der Waals surface area contributed by atoms with Crippen LogP contribution in [0.5, 0.6) is 0 Å². The van der Waals surface area contributed by atoms with Crippen molar-refractivity contribution in [2.45, 2.75) is 17.5 Å². The Morgan fingerprint density at radius 3 is 2.38 bits per heavy atom. The standard InChI is InChI=1S/C11H11F3OS/c12-11(13,14)9(8-15)6-7-16-10-4-2-1-3-5-10/h1-5,8-9H,6-7H2. The van der Waals surface area contributed by atoms with E-state index in [9.17, 15) is 18.0 Å². The third kappa shape index (κ3) is 4.26. The Morgan fingerprint density at radius 1 is 1.25 bits per heavy atom. The van der Waals surface area contributed by atoms with Crippen LogP contribution in [-0.2, 0) is 4.79 Å². The highest BCUT2D eigenvalue weighted by Gasteiger charge is 2.38. The molecule has 1 aromatic rings. The summed E-state index contributed by atoms with van der Waals surface area (Å²) in [5, 5.41) is 0. The summed E-state index contributed by atoms with van der Waals surface area (Å²) in [4.78, 5) is 11.2. The maximum Gasteiger partial charge on any atom is 0.398 e. The van der Waals surface area contributed by atoms with Crippen molar-refractivity contribution < 1.29 is 18.0 Å². The van der Waals surface area contributed by atoms with Crippen molar-refractivity contribution >= 4 is 18.0 Å². The van der Waals surface area contributed by atoms with E-state index in [0.717, 1.165) is 4.90 Å². The van der Waals surface area contributed by atoms with Gasteiger partial charge in [-0.1, -0.05) is 18.2 Å². The van der Waals surface area contributed by atoms with Gasteiger partial charge >= 0.3 is 6.18 Å². The molecule has 0 heterocycles. The van der Waals surface area contributed by atoms with Crippen molar-refractivity contribution in [3.63, 3.8) is 0 Å². The molecule has 0 aliphatic rings. The van der Waals surface area contributed by atoms with E-state index >= 15 is 0 Å². The number of benzene rings is 1. The maximum absolute atomic E-state index is 12.2. The van der Waals surface area contributed by atoms with Gasteiger partial charge in [0.15, 0.2) is 0 Å². The minimum atomic E-state index is -4.42. The maximum atomic E-state index is 12.2. The Hall–Kier alpha value is -0.970. The number of aldehydes is 1. The van der Waals surface area contributed by atoms with Gasteiger partial charge in [-0.15, -0.1) is 11.8 Å². The lowest BCUT2D eigenvalue weighted by molar-refractivity contribution is -0.174. The van der Waals surface area contributed by atoms with Crippen LogP contribution in [0.3, 0.4) is 0 Å². The fourth-order valence-electron chi connectivity index (χ4n) is 1.13. The van der Waals surface area contributed by atoms with E-state index in [2.05, 4.69) is 0 Å². The minimum Gasteiger partial charge on any atom is -0.303 e. The molecular weight excluding hydrogens is 237 g/mol. The van der Waals surface area contributed by atoms with Gasteiger partial charge in [0.05, 0.1) is 0 Å². The number of thioether (sulfide) groups is 1. The van der Waals surface area contributed by atoms with Crippen LogP contribution < -0.4 is 0 Å². The molecule has 0 N–H and O–H groups in total. The number of hydrogen-bond acceptors (Lipinski definition) is 2. The average molecular weight is 248 g/mol. The Kier molecular flexibility index (Phi) is 4.86. The molecule has 1 rings (SSSR count). The molecular formula is C11H11F3OS. The van der Waals surface area contributed by atoms with Crippen molar-refractivity contribution in [1.82, 2.24) is 0 Å². The lowest BCUT2D eigenvalue weighted by Crippen LogP contribution is -2.24. The number of halogens is 3. The first-order valence-corrected chi connectivity index (χ1v) is 5.72. The van der Waals surface area contributed by atoms with Crippen LogP contribution in [0.1, 0.15) is 6.42 Å². The molecule has 1 nitrogen and oxygen atoms in total. The van der Waals surface area contributed by atoms with E-state index in [1.165, 1.54) is 11.8 Å². The number of alkyl halides is 3. The van der Waals surface area contributed by atoms with E-state index in [1.54, 1.807) is 0 Å². The topological polar surface area (TPSA) is 17.1 Å². The van der Waals surface area contributed by atoms with E-state index in [0.29, 0.717) is 0 Å². The molecule has 0 fully saturated rings. The van der Waals surface area contributed by atoms with Crippen molar-refractivity contribution in [1.29, 1.82) is 0 Å². The molecule has 16 heavy (non-hydrogen) atoms. The van der Waals surface area contributed by atoms with Gasteiger partial charge in [-0.25, -0.2) is 0 Å². The number of carbonyl (C=O) groups excluding carboxylic acids is 1. The summed E-state index contributed by atoms with van der Waals surface area (Å²) >= 11 is 1.32. The zero-order valence-electron chi connectivity index (χ0n) is 8.41. The van der Waals surface area contributed by atoms with Gasteiger partial charge in [-0.3, -0.25) is 0 Å². The molecule has 1 aromatic carbocycles. The third-order valence-corrected chi connectivity index (χ3v) is 3.07. The molecule has 0 spiro atoms. The molecule has 0 saturated heterocycles. The van der Waals surface area contributed by atoms with Gasteiger partial charge in [0, 0.05) is 4.90 Å². The van der Waals surface area contributed by atoms with Gasteiger partial charge in [-0.05, 0) is 24.3 Å². The third-order valence-electron chi connectivity index (χ3n) is 2.03. The molecule has 0 amide bonds. The van der Waals surface area contributed by atoms with Crippen LogP contribution in [0.25, 0.3) is 0 Å². The Bertz CT molecular complexity index is 324. The highest BCUT2D eigenvalue weighted by atomic mass is 32.2. The Morgan fingerprint density at radius 2 is 1.88 bits per heavy atom. The molecule has 0 aliphatic heterocycles.